The number of halogens is 3. The molecule has 0 aliphatic rings. The zero-order valence-electron chi connectivity index (χ0n) is 10.8. The van der Waals surface area contributed by atoms with Crippen molar-refractivity contribution in [3.63, 3.8) is 0 Å². The van der Waals surface area contributed by atoms with Gasteiger partial charge in [0, 0.05) is 29.2 Å². The topological polar surface area (TPSA) is 55.2 Å². The van der Waals surface area contributed by atoms with Crippen molar-refractivity contribution in [2.24, 2.45) is 0 Å². The van der Waals surface area contributed by atoms with Gasteiger partial charge >= 0.3 is 0 Å². The van der Waals surface area contributed by atoms with Crippen LogP contribution >= 0.6 is 15.9 Å². The van der Waals surface area contributed by atoms with Crippen molar-refractivity contribution in [1.82, 2.24) is 5.32 Å². The van der Waals surface area contributed by atoms with Crippen LogP contribution in [0.4, 0.5) is 14.5 Å². The Morgan fingerprint density at radius 2 is 1.86 bits per heavy atom. The molecule has 0 unspecified atom stereocenters. The van der Waals surface area contributed by atoms with E-state index < -0.39 is 16.6 Å². The quantitative estimate of drug-likeness (QED) is 0.652. The fourth-order valence-corrected chi connectivity index (χ4v) is 2.20. The summed E-state index contributed by atoms with van der Waals surface area (Å²) < 4.78 is 26.5. The Morgan fingerprint density at radius 3 is 2.52 bits per heavy atom. The molecule has 0 radical (unpaired) electrons. The van der Waals surface area contributed by atoms with E-state index in [0.29, 0.717) is 15.6 Å². The molecule has 0 bridgehead atoms. The minimum absolute atomic E-state index is 0.00200. The second-order valence-corrected chi connectivity index (χ2v) is 5.30. The van der Waals surface area contributed by atoms with Gasteiger partial charge in [-0.2, -0.15) is 0 Å². The van der Waals surface area contributed by atoms with E-state index in [2.05, 4.69) is 21.2 Å². The van der Waals surface area contributed by atoms with Crippen LogP contribution in [-0.2, 0) is 13.1 Å². The molecule has 0 spiro atoms. The lowest BCUT2D eigenvalue weighted by Crippen LogP contribution is -2.14. The van der Waals surface area contributed by atoms with Gasteiger partial charge in [-0.1, -0.05) is 22.0 Å². The lowest BCUT2D eigenvalue weighted by Gasteiger charge is -2.07. The summed E-state index contributed by atoms with van der Waals surface area (Å²) in [5, 5.41) is 13.9. The van der Waals surface area contributed by atoms with Gasteiger partial charge in [-0.05, 0) is 29.8 Å². The summed E-state index contributed by atoms with van der Waals surface area (Å²) in [7, 11) is 0. The van der Waals surface area contributed by atoms with E-state index in [1.54, 1.807) is 12.1 Å². The van der Waals surface area contributed by atoms with Crippen LogP contribution in [0.5, 0.6) is 0 Å². The van der Waals surface area contributed by atoms with Crippen LogP contribution in [0.1, 0.15) is 11.1 Å². The largest absolute Gasteiger partial charge is 0.308 e. The summed E-state index contributed by atoms with van der Waals surface area (Å²) in [5.74, 6) is -1.81. The van der Waals surface area contributed by atoms with Gasteiger partial charge < -0.3 is 5.32 Å². The second-order valence-electron chi connectivity index (χ2n) is 4.38. The van der Waals surface area contributed by atoms with Crippen LogP contribution in [0.15, 0.2) is 40.9 Å². The molecule has 110 valence electrons. The lowest BCUT2D eigenvalue weighted by atomic mass is 10.1. The first kappa shape index (κ1) is 15.5. The number of nitrogens with zero attached hydrogens (tertiary/aromatic N) is 1. The number of hydrogen-bond donors (Lipinski definition) is 1. The first-order valence-corrected chi connectivity index (χ1v) is 6.84. The van der Waals surface area contributed by atoms with E-state index in [0.717, 1.165) is 12.1 Å². The highest BCUT2D eigenvalue weighted by atomic mass is 79.9. The summed E-state index contributed by atoms with van der Waals surface area (Å²) in [4.78, 5) is 10.5. The minimum atomic E-state index is -0.913. The molecule has 0 atom stereocenters. The Morgan fingerprint density at radius 1 is 1.10 bits per heavy atom. The van der Waals surface area contributed by atoms with Crippen molar-refractivity contribution in [3.05, 3.63) is 73.7 Å². The number of benzene rings is 2. The molecule has 7 heteroatoms. The van der Waals surface area contributed by atoms with Crippen LogP contribution in [-0.4, -0.2) is 4.92 Å². The molecule has 2 aromatic carbocycles. The van der Waals surface area contributed by atoms with Gasteiger partial charge in [-0.15, -0.1) is 0 Å². The van der Waals surface area contributed by atoms with Crippen molar-refractivity contribution < 1.29 is 13.7 Å². The van der Waals surface area contributed by atoms with E-state index in [4.69, 9.17) is 0 Å². The molecule has 0 aliphatic carbocycles. The molecule has 21 heavy (non-hydrogen) atoms. The molecule has 0 amide bonds. The van der Waals surface area contributed by atoms with Crippen molar-refractivity contribution >= 4 is 21.6 Å². The van der Waals surface area contributed by atoms with Gasteiger partial charge in [-0.3, -0.25) is 10.1 Å². The molecule has 0 fully saturated rings. The molecule has 4 nitrogen and oxygen atoms in total. The third kappa shape index (κ3) is 4.05. The van der Waals surface area contributed by atoms with Crippen LogP contribution in [0, 0.1) is 21.7 Å². The van der Waals surface area contributed by atoms with Crippen LogP contribution < -0.4 is 5.32 Å². The monoisotopic (exact) mass is 356 g/mol. The van der Waals surface area contributed by atoms with E-state index in [-0.39, 0.29) is 18.8 Å². The van der Waals surface area contributed by atoms with E-state index >= 15 is 0 Å². The zero-order chi connectivity index (χ0) is 15.4. The van der Waals surface area contributed by atoms with Gasteiger partial charge in [0.25, 0.3) is 5.69 Å². The summed E-state index contributed by atoms with van der Waals surface area (Å²) in [5.41, 5.74) is 1.08. The molecular formula is C14H11BrF2N2O2. The van der Waals surface area contributed by atoms with Gasteiger partial charge in [0.15, 0.2) is 11.6 Å². The highest BCUT2D eigenvalue weighted by molar-refractivity contribution is 9.10. The van der Waals surface area contributed by atoms with Crippen molar-refractivity contribution in [2.75, 3.05) is 0 Å². The summed E-state index contributed by atoms with van der Waals surface area (Å²) in [6.07, 6.45) is 0. The fraction of sp³-hybridized carbons (Fsp3) is 0.143. The molecule has 0 aromatic heterocycles. The first-order valence-electron chi connectivity index (χ1n) is 6.05. The highest BCUT2D eigenvalue weighted by Crippen LogP contribution is 2.23. The van der Waals surface area contributed by atoms with Crippen LogP contribution in [0.3, 0.4) is 0 Å². The Bertz CT molecular complexity index is 680. The van der Waals surface area contributed by atoms with E-state index in [9.17, 15) is 18.9 Å². The van der Waals surface area contributed by atoms with Crippen LogP contribution in [0.25, 0.3) is 0 Å². The predicted octanol–water partition coefficient (Wildman–Crippen LogP) is 3.93. The SMILES string of the molecule is O=[N+]([O-])c1cc(Br)ccc1CNCc1ccc(F)c(F)c1. The maximum atomic E-state index is 13.0. The third-order valence-electron chi connectivity index (χ3n) is 2.87. The normalized spacial score (nSPS) is 10.6. The number of nitro benzene ring substituents is 1. The van der Waals surface area contributed by atoms with Crippen molar-refractivity contribution in [1.29, 1.82) is 0 Å². The Kier molecular flexibility index (Phi) is 4.98. The molecule has 2 aromatic rings. The second kappa shape index (κ2) is 6.73. The highest BCUT2D eigenvalue weighted by Gasteiger charge is 2.13. The number of rotatable bonds is 5. The number of nitrogens with one attached hydrogen (secondary N) is 1. The molecular weight excluding hydrogens is 346 g/mol. The standard InChI is InChI=1S/C14H11BrF2N2O2/c15-11-3-2-10(14(6-11)19(20)21)8-18-7-9-1-4-12(16)13(17)5-9/h1-6,18H,7-8H2. The van der Waals surface area contributed by atoms with E-state index in [1.165, 1.54) is 12.1 Å². The summed E-state index contributed by atoms with van der Waals surface area (Å²) >= 11 is 3.18. The average molecular weight is 357 g/mol. The maximum Gasteiger partial charge on any atom is 0.275 e. The summed E-state index contributed by atoms with van der Waals surface area (Å²) in [6.45, 7) is 0.535. The lowest BCUT2D eigenvalue weighted by molar-refractivity contribution is -0.385. The van der Waals surface area contributed by atoms with Crippen molar-refractivity contribution in [3.8, 4) is 0 Å². The maximum absolute atomic E-state index is 13.0. The Hall–Kier alpha value is -1.86. The fourth-order valence-electron chi connectivity index (χ4n) is 1.85. The van der Waals surface area contributed by atoms with Crippen LogP contribution in [0.2, 0.25) is 0 Å². The first-order chi connectivity index (χ1) is 9.97. The van der Waals surface area contributed by atoms with Gasteiger partial charge in [-0.25, -0.2) is 8.78 Å². The zero-order valence-corrected chi connectivity index (χ0v) is 12.4. The molecule has 0 saturated heterocycles. The van der Waals surface area contributed by atoms with Gasteiger partial charge in [0.2, 0.25) is 0 Å². The molecule has 2 rings (SSSR count). The average Bonchev–Trinajstić information content (AvgIpc) is 2.44. The Balaban J connectivity index is 2.03. The molecule has 0 saturated carbocycles. The predicted molar refractivity (Wildman–Crippen MR) is 77.7 cm³/mol. The van der Waals surface area contributed by atoms with Crippen molar-refractivity contribution in [2.45, 2.75) is 13.1 Å². The van der Waals surface area contributed by atoms with Gasteiger partial charge in [0.05, 0.1) is 4.92 Å². The molecule has 0 aliphatic heterocycles. The number of hydrogen-bond acceptors (Lipinski definition) is 3. The smallest absolute Gasteiger partial charge is 0.275 e. The Labute approximate surface area is 128 Å². The minimum Gasteiger partial charge on any atom is -0.308 e. The summed E-state index contributed by atoms with van der Waals surface area (Å²) in [6, 6.07) is 8.38. The van der Waals surface area contributed by atoms with E-state index in [1.807, 2.05) is 0 Å². The van der Waals surface area contributed by atoms with Gasteiger partial charge in [0.1, 0.15) is 0 Å². The molecule has 1 N–H and O–H groups in total. The molecule has 0 heterocycles. The number of nitro groups is 1. The third-order valence-corrected chi connectivity index (χ3v) is 3.37.